The Labute approximate surface area is 190 Å². The Morgan fingerprint density at radius 1 is 0.906 bits per heavy atom. The van der Waals surface area contributed by atoms with Gasteiger partial charge in [-0.3, -0.25) is 24.2 Å². The van der Waals surface area contributed by atoms with Crippen molar-refractivity contribution in [3.8, 4) is 0 Å². The topological polar surface area (TPSA) is 76.2 Å². The molecule has 0 aromatic heterocycles. The molecule has 2 saturated heterocycles. The Morgan fingerprint density at radius 3 is 2.25 bits per heavy atom. The maximum absolute atomic E-state index is 13.3. The van der Waals surface area contributed by atoms with Crippen LogP contribution in [0.5, 0.6) is 0 Å². The second-order valence-corrected chi connectivity index (χ2v) is 9.37. The van der Waals surface area contributed by atoms with Gasteiger partial charge >= 0.3 is 0 Å². The molecule has 3 amide bonds. The summed E-state index contributed by atoms with van der Waals surface area (Å²) in [6.07, 6.45) is 3.69. The molecule has 2 fully saturated rings. The Hall–Kier alpha value is -2.45. The molecular formula is C24H35N5O3. The van der Waals surface area contributed by atoms with Crippen molar-refractivity contribution < 1.29 is 14.4 Å². The number of nitrogens with one attached hydrogen (secondary N) is 1. The van der Waals surface area contributed by atoms with Gasteiger partial charge in [-0.05, 0) is 45.2 Å². The third kappa shape index (κ3) is 5.13. The van der Waals surface area contributed by atoms with Gasteiger partial charge < -0.3 is 15.1 Å². The number of hydrogen-bond acceptors (Lipinski definition) is 5. The van der Waals surface area contributed by atoms with Gasteiger partial charge in [0.15, 0.2) is 0 Å². The van der Waals surface area contributed by atoms with Gasteiger partial charge in [0, 0.05) is 51.2 Å². The summed E-state index contributed by atoms with van der Waals surface area (Å²) in [6.45, 7) is 8.82. The number of piperazine rings is 1. The smallest absolute Gasteiger partial charge is 0.241 e. The van der Waals surface area contributed by atoms with Crippen LogP contribution in [0, 0.1) is 0 Å². The van der Waals surface area contributed by atoms with E-state index in [1.807, 2.05) is 36.1 Å². The summed E-state index contributed by atoms with van der Waals surface area (Å²) in [6, 6.07) is 7.63. The molecule has 174 valence electrons. The number of rotatable bonds is 4. The Bertz CT molecular complexity index is 852. The van der Waals surface area contributed by atoms with E-state index in [0.717, 1.165) is 51.3 Å². The number of hydrogen-bond donors (Lipinski definition) is 1. The fourth-order valence-corrected chi connectivity index (χ4v) is 5.09. The summed E-state index contributed by atoms with van der Waals surface area (Å²) >= 11 is 0. The molecule has 0 unspecified atom stereocenters. The van der Waals surface area contributed by atoms with Gasteiger partial charge in [-0.25, -0.2) is 0 Å². The van der Waals surface area contributed by atoms with E-state index in [2.05, 4.69) is 22.0 Å². The average molecular weight is 442 g/mol. The third-order valence-electron chi connectivity index (χ3n) is 6.93. The van der Waals surface area contributed by atoms with Crippen molar-refractivity contribution in [1.82, 2.24) is 14.7 Å². The zero-order valence-electron chi connectivity index (χ0n) is 19.3. The van der Waals surface area contributed by atoms with Crippen LogP contribution in [-0.2, 0) is 14.4 Å². The number of anilines is 2. The summed E-state index contributed by atoms with van der Waals surface area (Å²) in [5.74, 6) is 0.170. The molecule has 2 atom stereocenters. The van der Waals surface area contributed by atoms with Crippen LogP contribution in [0.1, 0.15) is 39.5 Å². The first-order chi connectivity index (χ1) is 15.4. The molecule has 32 heavy (non-hydrogen) atoms. The number of para-hydroxylation sites is 2. The summed E-state index contributed by atoms with van der Waals surface area (Å²) in [5.41, 5.74) is 1.45. The second-order valence-electron chi connectivity index (χ2n) is 9.37. The molecule has 3 heterocycles. The van der Waals surface area contributed by atoms with Gasteiger partial charge in [0.1, 0.15) is 0 Å². The van der Waals surface area contributed by atoms with Crippen LogP contribution in [0.15, 0.2) is 24.3 Å². The molecule has 3 aliphatic heterocycles. The molecular weight excluding hydrogens is 406 g/mol. The molecule has 1 N–H and O–H groups in total. The molecule has 3 aliphatic rings. The summed E-state index contributed by atoms with van der Waals surface area (Å²) < 4.78 is 0. The van der Waals surface area contributed by atoms with E-state index < -0.39 is 0 Å². The van der Waals surface area contributed by atoms with Crippen molar-refractivity contribution in [2.75, 3.05) is 56.0 Å². The molecule has 1 aromatic rings. The first-order valence-electron chi connectivity index (χ1n) is 11.9. The predicted molar refractivity (Wildman–Crippen MR) is 125 cm³/mol. The van der Waals surface area contributed by atoms with Gasteiger partial charge in [0.2, 0.25) is 17.7 Å². The first-order valence-corrected chi connectivity index (χ1v) is 11.9. The number of likely N-dealkylation sites (tertiary alicyclic amines) is 1. The maximum atomic E-state index is 13.3. The molecule has 0 spiro atoms. The lowest BCUT2D eigenvalue weighted by molar-refractivity contribution is -0.136. The van der Waals surface area contributed by atoms with Crippen molar-refractivity contribution in [2.45, 2.75) is 51.6 Å². The molecule has 0 aliphatic carbocycles. The molecule has 4 rings (SSSR count). The van der Waals surface area contributed by atoms with Crippen LogP contribution in [0.4, 0.5) is 11.4 Å². The highest BCUT2D eigenvalue weighted by Crippen LogP contribution is 2.31. The Kier molecular flexibility index (Phi) is 7.10. The van der Waals surface area contributed by atoms with Crippen molar-refractivity contribution in [3.63, 3.8) is 0 Å². The van der Waals surface area contributed by atoms with Gasteiger partial charge in [-0.2, -0.15) is 0 Å². The molecule has 8 heteroatoms. The van der Waals surface area contributed by atoms with Crippen LogP contribution >= 0.6 is 0 Å². The number of piperidine rings is 1. The highest BCUT2D eigenvalue weighted by molar-refractivity contribution is 6.04. The normalized spacial score (nSPS) is 25.1. The first kappa shape index (κ1) is 22.7. The van der Waals surface area contributed by atoms with Crippen LogP contribution in [0.25, 0.3) is 0 Å². The monoisotopic (exact) mass is 441 g/mol. The third-order valence-corrected chi connectivity index (χ3v) is 6.93. The second kappa shape index (κ2) is 10.0. The number of carbonyl (C=O) groups excluding carboxylic acids is 3. The number of fused-ring (bicyclic) bond motifs is 1. The predicted octanol–water partition coefficient (Wildman–Crippen LogP) is 1.77. The lowest BCUT2D eigenvalue weighted by Gasteiger charge is -2.38. The standard InChI is InChI=1S/C24H35N5O3/c1-18-7-5-6-10-28(18)23(31)16-26-11-13-27(14-12-26)17-24(32)29-19(2)15-22(30)25-20-8-3-4-9-21(20)29/h3-4,8-9,18-19H,5-7,10-17H2,1-2H3,(H,25,30)/t18-,19-/m0/s1. The molecule has 0 bridgehead atoms. The fourth-order valence-electron chi connectivity index (χ4n) is 5.09. The van der Waals surface area contributed by atoms with Gasteiger partial charge in [-0.15, -0.1) is 0 Å². The fraction of sp³-hybridized carbons (Fsp3) is 0.625. The lowest BCUT2D eigenvalue weighted by atomic mass is 10.0. The van der Waals surface area contributed by atoms with E-state index in [1.54, 1.807) is 4.90 Å². The number of nitrogens with zero attached hydrogens (tertiary/aromatic N) is 4. The van der Waals surface area contributed by atoms with Gasteiger partial charge in [0.05, 0.1) is 24.5 Å². The molecule has 8 nitrogen and oxygen atoms in total. The van der Waals surface area contributed by atoms with Crippen LogP contribution < -0.4 is 10.2 Å². The van der Waals surface area contributed by atoms with E-state index in [1.165, 1.54) is 6.42 Å². The van der Waals surface area contributed by atoms with Gasteiger partial charge in [0.25, 0.3) is 0 Å². The van der Waals surface area contributed by atoms with Crippen molar-refractivity contribution in [3.05, 3.63) is 24.3 Å². The summed E-state index contributed by atoms with van der Waals surface area (Å²) in [7, 11) is 0. The van der Waals surface area contributed by atoms with Crippen LogP contribution in [-0.4, -0.2) is 90.3 Å². The summed E-state index contributed by atoms with van der Waals surface area (Å²) in [5, 5.41) is 2.91. The quantitative estimate of drug-likeness (QED) is 0.771. The lowest BCUT2D eigenvalue weighted by Crippen LogP contribution is -2.54. The van der Waals surface area contributed by atoms with E-state index in [4.69, 9.17) is 0 Å². The average Bonchev–Trinajstić information content (AvgIpc) is 2.89. The maximum Gasteiger partial charge on any atom is 0.241 e. The van der Waals surface area contributed by atoms with Crippen molar-refractivity contribution >= 4 is 29.1 Å². The van der Waals surface area contributed by atoms with E-state index >= 15 is 0 Å². The largest absolute Gasteiger partial charge is 0.339 e. The minimum Gasteiger partial charge on any atom is -0.339 e. The van der Waals surface area contributed by atoms with Gasteiger partial charge in [-0.1, -0.05) is 12.1 Å². The van der Waals surface area contributed by atoms with E-state index in [9.17, 15) is 14.4 Å². The molecule has 0 saturated carbocycles. The molecule has 0 radical (unpaired) electrons. The number of benzene rings is 1. The Morgan fingerprint density at radius 2 is 1.56 bits per heavy atom. The van der Waals surface area contributed by atoms with Crippen LogP contribution in [0.3, 0.4) is 0 Å². The minimum atomic E-state index is -0.198. The molecule has 1 aromatic carbocycles. The number of amides is 3. The SMILES string of the molecule is C[C@H]1CCCCN1C(=O)CN1CCN(CC(=O)N2c3ccccc3NC(=O)C[C@@H]2C)CC1. The zero-order valence-corrected chi connectivity index (χ0v) is 19.3. The highest BCUT2D eigenvalue weighted by Gasteiger charge is 2.31. The van der Waals surface area contributed by atoms with Crippen molar-refractivity contribution in [1.29, 1.82) is 0 Å². The highest BCUT2D eigenvalue weighted by atomic mass is 16.2. The Balaban J connectivity index is 1.32. The minimum absolute atomic E-state index is 0.00752. The number of carbonyl (C=O) groups is 3. The van der Waals surface area contributed by atoms with E-state index in [0.29, 0.717) is 24.8 Å². The van der Waals surface area contributed by atoms with Crippen molar-refractivity contribution in [2.24, 2.45) is 0 Å². The van der Waals surface area contributed by atoms with Crippen LogP contribution in [0.2, 0.25) is 0 Å². The summed E-state index contributed by atoms with van der Waals surface area (Å²) in [4.78, 5) is 46.3. The van der Waals surface area contributed by atoms with E-state index in [-0.39, 0.29) is 30.2 Å². The zero-order chi connectivity index (χ0) is 22.7.